The van der Waals surface area contributed by atoms with Crippen LogP contribution in [-0.4, -0.2) is 10.8 Å². The molecule has 7 heteroatoms. The monoisotopic (exact) mass is 396 g/mol. The van der Waals surface area contributed by atoms with E-state index in [-0.39, 0.29) is 27.8 Å². The lowest BCUT2D eigenvalue weighted by Gasteiger charge is -2.13. The number of nitrogens with zero attached hydrogens (tertiary/aromatic N) is 1. The molecule has 0 fully saturated rings. The van der Waals surface area contributed by atoms with E-state index in [1.54, 1.807) is 24.3 Å². The Bertz CT molecular complexity index is 1050. The Labute approximate surface area is 166 Å². The number of ether oxygens (including phenoxy) is 1. The van der Waals surface area contributed by atoms with Crippen molar-refractivity contribution < 1.29 is 14.5 Å². The topological polar surface area (TPSA) is 81.5 Å². The van der Waals surface area contributed by atoms with Crippen molar-refractivity contribution in [3.8, 4) is 11.5 Å². The van der Waals surface area contributed by atoms with Crippen molar-refractivity contribution in [1.29, 1.82) is 0 Å². The van der Waals surface area contributed by atoms with Crippen molar-refractivity contribution in [2.45, 2.75) is 13.8 Å². The maximum atomic E-state index is 12.8. The number of hydrogen-bond acceptors (Lipinski definition) is 4. The van der Waals surface area contributed by atoms with Crippen LogP contribution in [0.15, 0.2) is 60.7 Å². The summed E-state index contributed by atoms with van der Waals surface area (Å²) in [7, 11) is 0. The second-order valence-electron chi connectivity index (χ2n) is 6.27. The first kappa shape index (κ1) is 19.4. The van der Waals surface area contributed by atoms with Crippen LogP contribution in [0.3, 0.4) is 0 Å². The first-order valence-corrected chi connectivity index (χ1v) is 8.82. The Hall–Kier alpha value is -3.38. The minimum Gasteiger partial charge on any atom is -0.448 e. The van der Waals surface area contributed by atoms with E-state index >= 15 is 0 Å². The predicted octanol–water partition coefficient (Wildman–Crippen LogP) is 5.91. The van der Waals surface area contributed by atoms with E-state index in [0.717, 1.165) is 11.1 Å². The van der Waals surface area contributed by atoms with E-state index < -0.39 is 10.8 Å². The highest BCUT2D eigenvalue weighted by atomic mass is 35.5. The number of anilines is 1. The molecule has 6 nitrogen and oxygen atoms in total. The number of para-hydroxylation sites is 2. The summed E-state index contributed by atoms with van der Waals surface area (Å²) in [6, 6.07) is 16.5. The number of nitro benzene ring substituents is 1. The minimum atomic E-state index is -0.584. The fourth-order valence-corrected chi connectivity index (χ4v) is 3.05. The molecule has 0 aromatic heterocycles. The molecule has 0 unspecified atom stereocenters. The molecule has 0 aliphatic carbocycles. The zero-order chi connectivity index (χ0) is 20.3. The fraction of sp³-hybridized carbons (Fsp3) is 0.0952. The molecule has 0 radical (unpaired) electrons. The third kappa shape index (κ3) is 4.29. The van der Waals surface area contributed by atoms with Crippen molar-refractivity contribution in [3.05, 3.63) is 92.5 Å². The van der Waals surface area contributed by atoms with Gasteiger partial charge in [0.25, 0.3) is 5.91 Å². The van der Waals surface area contributed by atoms with Crippen LogP contribution >= 0.6 is 11.6 Å². The van der Waals surface area contributed by atoms with Gasteiger partial charge in [0.05, 0.1) is 15.5 Å². The van der Waals surface area contributed by atoms with E-state index in [1.807, 2.05) is 32.0 Å². The molecule has 0 spiro atoms. The molecule has 28 heavy (non-hydrogen) atoms. The van der Waals surface area contributed by atoms with Crippen LogP contribution < -0.4 is 10.1 Å². The Morgan fingerprint density at radius 3 is 2.39 bits per heavy atom. The van der Waals surface area contributed by atoms with E-state index in [2.05, 4.69) is 5.32 Å². The van der Waals surface area contributed by atoms with Gasteiger partial charge in [-0.15, -0.1) is 0 Å². The number of carbonyl (C=O) groups is 1. The standard InChI is InChI=1S/C21H17ClN2O4/c1-13-10-14(2)12-15(11-13)23-21(25)16-6-3-4-9-19(16)28-20-17(22)7-5-8-18(20)24(26)27/h3-12H,1-2H3,(H,23,25). The molecule has 0 atom stereocenters. The average molecular weight is 397 g/mol. The highest BCUT2D eigenvalue weighted by Gasteiger charge is 2.21. The van der Waals surface area contributed by atoms with Crippen molar-refractivity contribution in [2.24, 2.45) is 0 Å². The quantitative estimate of drug-likeness (QED) is 0.429. The molecule has 142 valence electrons. The van der Waals surface area contributed by atoms with Gasteiger partial charge in [0.1, 0.15) is 5.75 Å². The van der Waals surface area contributed by atoms with Crippen LogP contribution in [0.4, 0.5) is 11.4 Å². The number of aryl methyl sites for hydroxylation is 2. The molecule has 0 aliphatic rings. The molecule has 0 aliphatic heterocycles. The van der Waals surface area contributed by atoms with Crippen molar-refractivity contribution in [3.63, 3.8) is 0 Å². The molecule has 0 heterocycles. The van der Waals surface area contributed by atoms with Gasteiger partial charge < -0.3 is 10.1 Å². The maximum Gasteiger partial charge on any atom is 0.313 e. The molecule has 1 N–H and O–H groups in total. The number of nitrogens with one attached hydrogen (secondary N) is 1. The van der Waals surface area contributed by atoms with Gasteiger partial charge in [0, 0.05) is 11.8 Å². The highest BCUT2D eigenvalue weighted by molar-refractivity contribution is 6.32. The van der Waals surface area contributed by atoms with E-state index in [1.165, 1.54) is 18.2 Å². The lowest BCUT2D eigenvalue weighted by Crippen LogP contribution is -2.13. The number of rotatable bonds is 5. The summed E-state index contributed by atoms with van der Waals surface area (Å²) in [6.45, 7) is 3.88. The van der Waals surface area contributed by atoms with Crippen LogP contribution in [0, 0.1) is 24.0 Å². The maximum absolute atomic E-state index is 12.8. The number of nitro groups is 1. The number of carbonyl (C=O) groups excluding carboxylic acids is 1. The summed E-state index contributed by atoms with van der Waals surface area (Å²) in [5.74, 6) is -0.336. The van der Waals surface area contributed by atoms with Gasteiger partial charge in [-0.25, -0.2) is 0 Å². The Kier molecular flexibility index (Phi) is 5.61. The van der Waals surface area contributed by atoms with Gasteiger partial charge in [-0.1, -0.05) is 35.9 Å². The second-order valence-corrected chi connectivity index (χ2v) is 6.68. The van der Waals surface area contributed by atoms with E-state index in [9.17, 15) is 14.9 Å². The Morgan fingerprint density at radius 1 is 1.04 bits per heavy atom. The van der Waals surface area contributed by atoms with Crippen molar-refractivity contribution in [2.75, 3.05) is 5.32 Å². The molecule has 1 amide bonds. The summed E-state index contributed by atoms with van der Waals surface area (Å²) in [5.41, 5.74) is 2.65. The lowest BCUT2D eigenvalue weighted by molar-refractivity contribution is -0.385. The van der Waals surface area contributed by atoms with Gasteiger partial charge in [0.15, 0.2) is 0 Å². The van der Waals surface area contributed by atoms with Gasteiger partial charge in [-0.3, -0.25) is 14.9 Å². The fourth-order valence-electron chi connectivity index (χ4n) is 2.84. The Morgan fingerprint density at radius 2 is 1.71 bits per heavy atom. The molecular weight excluding hydrogens is 380 g/mol. The third-order valence-electron chi connectivity index (χ3n) is 3.97. The zero-order valence-corrected chi connectivity index (χ0v) is 16.0. The third-order valence-corrected chi connectivity index (χ3v) is 4.26. The molecule has 0 saturated heterocycles. The number of amides is 1. The normalized spacial score (nSPS) is 10.4. The van der Waals surface area contributed by atoms with Crippen LogP contribution in [0.25, 0.3) is 0 Å². The summed E-state index contributed by atoms with van der Waals surface area (Å²) in [6.07, 6.45) is 0. The van der Waals surface area contributed by atoms with Gasteiger partial charge in [-0.2, -0.15) is 0 Å². The molecule has 3 aromatic rings. The predicted molar refractivity (Wildman–Crippen MR) is 108 cm³/mol. The summed E-state index contributed by atoms with van der Waals surface area (Å²) in [5, 5.41) is 14.2. The summed E-state index contributed by atoms with van der Waals surface area (Å²) < 4.78 is 5.70. The largest absolute Gasteiger partial charge is 0.448 e. The van der Waals surface area contributed by atoms with Gasteiger partial charge >= 0.3 is 5.69 Å². The number of benzene rings is 3. The van der Waals surface area contributed by atoms with Gasteiger partial charge in [-0.05, 0) is 55.3 Å². The lowest BCUT2D eigenvalue weighted by atomic mass is 10.1. The van der Waals surface area contributed by atoms with Crippen LogP contribution in [-0.2, 0) is 0 Å². The zero-order valence-electron chi connectivity index (χ0n) is 15.2. The molecule has 0 bridgehead atoms. The number of hydrogen-bond donors (Lipinski definition) is 1. The molecule has 3 aromatic carbocycles. The van der Waals surface area contributed by atoms with Crippen LogP contribution in [0.5, 0.6) is 11.5 Å². The highest BCUT2D eigenvalue weighted by Crippen LogP contribution is 2.38. The number of halogens is 1. The van der Waals surface area contributed by atoms with Crippen molar-refractivity contribution >= 4 is 28.9 Å². The second kappa shape index (κ2) is 8.10. The van der Waals surface area contributed by atoms with E-state index in [0.29, 0.717) is 5.69 Å². The minimum absolute atomic E-state index is 0.0821. The Balaban J connectivity index is 1.94. The SMILES string of the molecule is Cc1cc(C)cc(NC(=O)c2ccccc2Oc2c(Cl)cccc2[N+](=O)[O-])c1. The summed E-state index contributed by atoms with van der Waals surface area (Å²) >= 11 is 6.09. The van der Waals surface area contributed by atoms with Crippen LogP contribution in [0.2, 0.25) is 5.02 Å². The smallest absolute Gasteiger partial charge is 0.313 e. The molecule has 0 saturated carbocycles. The molecular formula is C21H17ClN2O4. The first-order valence-electron chi connectivity index (χ1n) is 8.44. The molecule has 3 rings (SSSR count). The first-order chi connectivity index (χ1) is 13.3. The summed E-state index contributed by atoms with van der Waals surface area (Å²) in [4.78, 5) is 23.5. The van der Waals surface area contributed by atoms with Crippen molar-refractivity contribution in [1.82, 2.24) is 0 Å². The average Bonchev–Trinajstić information content (AvgIpc) is 2.62. The van der Waals surface area contributed by atoms with E-state index in [4.69, 9.17) is 16.3 Å². The van der Waals surface area contributed by atoms with Crippen LogP contribution in [0.1, 0.15) is 21.5 Å². The van der Waals surface area contributed by atoms with Gasteiger partial charge in [0.2, 0.25) is 5.75 Å².